The number of aromatic nitrogens is 2. The van der Waals surface area contributed by atoms with Crippen molar-refractivity contribution in [1.29, 1.82) is 0 Å². The van der Waals surface area contributed by atoms with E-state index >= 15 is 0 Å². The van der Waals surface area contributed by atoms with Crippen molar-refractivity contribution in [1.82, 2.24) is 9.97 Å². The zero-order valence-electron chi connectivity index (χ0n) is 17.6. The second-order valence-corrected chi connectivity index (χ2v) is 9.37. The zero-order valence-corrected chi connectivity index (χ0v) is 18.4. The third kappa shape index (κ3) is 5.60. The first-order chi connectivity index (χ1) is 15.9. The predicted octanol–water partition coefficient (Wildman–Crippen LogP) is 3.82. The molecule has 13 heteroatoms. The molecule has 0 aliphatic rings. The molecule has 34 heavy (non-hydrogen) atoms. The van der Waals surface area contributed by atoms with Crippen LogP contribution in [0, 0.1) is 29.2 Å². The number of carbonyl (C=O) groups excluding carboxylic acids is 1. The first kappa shape index (κ1) is 24.9. The quantitative estimate of drug-likeness (QED) is 0.468. The van der Waals surface area contributed by atoms with Crippen LogP contribution in [0.5, 0.6) is 23.4 Å². The molecule has 0 aliphatic carbocycles. The number of hydrogen-bond acceptors (Lipinski definition) is 7. The molecule has 0 spiro atoms. The van der Waals surface area contributed by atoms with Crippen LogP contribution in [0.15, 0.2) is 42.6 Å². The smallest absolute Gasteiger partial charge is 0.325 e. The van der Waals surface area contributed by atoms with Gasteiger partial charge in [-0.2, -0.15) is 4.98 Å². The first-order valence-electron chi connectivity index (χ1n) is 9.47. The lowest BCUT2D eigenvalue weighted by Gasteiger charge is -2.22. The van der Waals surface area contributed by atoms with Gasteiger partial charge < -0.3 is 15.2 Å². The number of primary amides is 1. The molecule has 0 fully saturated rings. The Morgan fingerprint density at radius 2 is 1.50 bits per heavy atom. The molecule has 2 atom stereocenters. The molecule has 3 aromatic rings. The SMILES string of the molecule is CC(C(N)=O)C(c1cnc(Oc2ccc(F)cc2F)nc1Oc1ccc(F)cc1F)S(C)(=O)=O. The van der Waals surface area contributed by atoms with Gasteiger partial charge in [0.2, 0.25) is 11.8 Å². The molecule has 0 saturated heterocycles. The number of sulfone groups is 1. The Balaban J connectivity index is 2.14. The highest BCUT2D eigenvalue weighted by atomic mass is 32.2. The Morgan fingerprint density at radius 1 is 0.971 bits per heavy atom. The lowest BCUT2D eigenvalue weighted by Crippen LogP contribution is -2.31. The van der Waals surface area contributed by atoms with Crippen molar-refractivity contribution in [3.63, 3.8) is 0 Å². The van der Waals surface area contributed by atoms with E-state index < -0.39 is 73.6 Å². The summed E-state index contributed by atoms with van der Waals surface area (Å²) in [6, 6.07) is 4.15. The van der Waals surface area contributed by atoms with Gasteiger partial charge in [-0.15, -0.1) is 0 Å². The number of nitrogens with zero attached hydrogens (tertiary/aromatic N) is 2. The normalized spacial score (nSPS) is 13.2. The number of benzene rings is 2. The van der Waals surface area contributed by atoms with Gasteiger partial charge in [-0.05, 0) is 24.3 Å². The molecule has 2 N–H and O–H groups in total. The molecule has 0 aliphatic heterocycles. The highest BCUT2D eigenvalue weighted by Gasteiger charge is 2.36. The van der Waals surface area contributed by atoms with Crippen LogP contribution in [0.4, 0.5) is 17.6 Å². The Hall–Kier alpha value is -3.74. The molecule has 0 saturated carbocycles. The van der Waals surface area contributed by atoms with E-state index in [9.17, 15) is 30.8 Å². The van der Waals surface area contributed by atoms with Crippen LogP contribution in [0.25, 0.3) is 0 Å². The van der Waals surface area contributed by atoms with Crippen molar-refractivity contribution >= 4 is 15.7 Å². The third-order valence-corrected chi connectivity index (χ3v) is 6.21. The fourth-order valence-electron chi connectivity index (χ4n) is 3.02. The molecule has 0 bridgehead atoms. The summed E-state index contributed by atoms with van der Waals surface area (Å²) in [5.41, 5.74) is 5.00. The number of carbonyl (C=O) groups is 1. The second-order valence-electron chi connectivity index (χ2n) is 7.21. The van der Waals surface area contributed by atoms with E-state index in [2.05, 4.69) is 9.97 Å². The maximum absolute atomic E-state index is 14.2. The van der Waals surface area contributed by atoms with Crippen molar-refractivity contribution in [3.8, 4) is 23.4 Å². The number of ether oxygens (including phenoxy) is 2. The summed E-state index contributed by atoms with van der Waals surface area (Å²) in [4.78, 5) is 19.5. The van der Waals surface area contributed by atoms with Gasteiger partial charge in [-0.1, -0.05) is 6.92 Å². The number of halogens is 4. The van der Waals surface area contributed by atoms with Crippen molar-refractivity contribution in [2.75, 3.05) is 6.26 Å². The Kier molecular flexibility index (Phi) is 7.05. The molecule has 2 aromatic carbocycles. The summed E-state index contributed by atoms with van der Waals surface area (Å²) < 4.78 is 90.2. The van der Waals surface area contributed by atoms with Gasteiger partial charge in [-0.3, -0.25) is 4.79 Å². The van der Waals surface area contributed by atoms with Crippen molar-refractivity contribution in [3.05, 3.63) is 71.4 Å². The van der Waals surface area contributed by atoms with E-state index in [0.29, 0.717) is 12.1 Å². The van der Waals surface area contributed by atoms with Crippen molar-refractivity contribution < 1.29 is 40.2 Å². The molecular formula is C21H17F4N3O5S. The molecule has 2 unspecified atom stereocenters. The molecule has 180 valence electrons. The second kappa shape index (κ2) is 9.63. The average Bonchev–Trinajstić information content (AvgIpc) is 2.72. The van der Waals surface area contributed by atoms with Gasteiger partial charge in [0.1, 0.15) is 16.9 Å². The van der Waals surface area contributed by atoms with E-state index in [4.69, 9.17) is 15.2 Å². The number of amides is 1. The van der Waals surface area contributed by atoms with Crippen LogP contribution in [0.2, 0.25) is 0 Å². The van der Waals surface area contributed by atoms with E-state index in [1.807, 2.05) is 0 Å². The standard InChI is InChI=1S/C21H17F4N3O5S/c1-10(19(26)29)18(34(2,30)31)13-9-27-21(33-17-6-4-12(23)8-15(17)25)28-20(13)32-16-5-3-11(22)7-14(16)24/h3-10,18H,1-2H3,(H2,26,29). The summed E-state index contributed by atoms with van der Waals surface area (Å²) in [5.74, 6) is -7.86. The molecule has 1 aromatic heterocycles. The molecule has 1 amide bonds. The minimum Gasteiger partial charge on any atom is -0.435 e. The van der Waals surface area contributed by atoms with Crippen LogP contribution in [0.1, 0.15) is 17.7 Å². The van der Waals surface area contributed by atoms with Crippen LogP contribution in [0.3, 0.4) is 0 Å². The number of nitrogens with two attached hydrogens (primary N) is 1. The average molecular weight is 499 g/mol. The number of hydrogen-bond donors (Lipinski definition) is 1. The van der Waals surface area contributed by atoms with Crippen molar-refractivity contribution in [2.24, 2.45) is 11.7 Å². The molecule has 1 heterocycles. The summed E-state index contributed by atoms with van der Waals surface area (Å²) >= 11 is 0. The van der Waals surface area contributed by atoms with Gasteiger partial charge in [-0.25, -0.2) is 31.0 Å². The van der Waals surface area contributed by atoms with E-state index in [0.717, 1.165) is 36.7 Å². The largest absolute Gasteiger partial charge is 0.435 e. The fraction of sp³-hybridized carbons (Fsp3) is 0.190. The Labute approximate surface area is 191 Å². The molecule has 0 radical (unpaired) electrons. The lowest BCUT2D eigenvalue weighted by molar-refractivity contribution is -0.121. The summed E-state index contributed by atoms with van der Waals surface area (Å²) in [5, 5.41) is -1.61. The minimum atomic E-state index is -4.03. The van der Waals surface area contributed by atoms with Crippen LogP contribution < -0.4 is 15.2 Å². The van der Waals surface area contributed by atoms with Crippen LogP contribution >= 0.6 is 0 Å². The van der Waals surface area contributed by atoms with Gasteiger partial charge in [0.15, 0.2) is 33.0 Å². The van der Waals surface area contributed by atoms with Crippen molar-refractivity contribution in [2.45, 2.75) is 12.2 Å². The van der Waals surface area contributed by atoms with Gasteiger partial charge >= 0.3 is 6.01 Å². The topological polar surface area (TPSA) is 121 Å². The summed E-state index contributed by atoms with van der Waals surface area (Å²) in [6.45, 7) is 1.24. The summed E-state index contributed by atoms with van der Waals surface area (Å²) in [6.07, 6.45) is 1.75. The fourth-order valence-corrected chi connectivity index (χ4v) is 4.52. The molecule has 8 nitrogen and oxygen atoms in total. The van der Waals surface area contributed by atoms with E-state index in [-0.39, 0.29) is 5.56 Å². The molecular weight excluding hydrogens is 482 g/mol. The maximum atomic E-state index is 14.2. The third-order valence-electron chi connectivity index (χ3n) is 4.62. The monoisotopic (exact) mass is 499 g/mol. The zero-order chi connectivity index (χ0) is 25.2. The predicted molar refractivity (Wildman–Crippen MR) is 111 cm³/mol. The van der Waals surface area contributed by atoms with Crippen LogP contribution in [-0.2, 0) is 14.6 Å². The number of rotatable bonds is 8. The van der Waals surface area contributed by atoms with Crippen LogP contribution in [-0.4, -0.2) is 30.5 Å². The molecule has 3 rings (SSSR count). The highest BCUT2D eigenvalue weighted by Crippen LogP contribution is 2.38. The van der Waals surface area contributed by atoms with Gasteiger partial charge in [0, 0.05) is 24.6 Å². The lowest BCUT2D eigenvalue weighted by atomic mass is 10.0. The van der Waals surface area contributed by atoms with E-state index in [1.54, 1.807) is 0 Å². The maximum Gasteiger partial charge on any atom is 0.325 e. The van der Waals surface area contributed by atoms with Gasteiger partial charge in [0.05, 0.1) is 11.5 Å². The van der Waals surface area contributed by atoms with E-state index in [1.165, 1.54) is 6.92 Å². The highest BCUT2D eigenvalue weighted by molar-refractivity contribution is 7.91. The minimum absolute atomic E-state index is 0.288. The van der Waals surface area contributed by atoms with Gasteiger partial charge in [0.25, 0.3) is 0 Å². The Morgan fingerprint density at radius 3 is 1.97 bits per heavy atom. The first-order valence-corrected chi connectivity index (χ1v) is 11.4. The summed E-state index contributed by atoms with van der Waals surface area (Å²) in [7, 11) is -4.03. The Bertz CT molecular complexity index is 1350.